The third kappa shape index (κ3) is 3.48. The zero-order valence-corrected chi connectivity index (χ0v) is 13.3. The third-order valence-corrected chi connectivity index (χ3v) is 4.58. The van der Waals surface area contributed by atoms with E-state index in [0.29, 0.717) is 6.54 Å². The molecule has 23 heavy (non-hydrogen) atoms. The first kappa shape index (κ1) is 15.8. The van der Waals surface area contributed by atoms with Crippen LogP contribution in [0.25, 0.3) is 10.9 Å². The smallest absolute Gasteiger partial charge is 0.246 e. The minimum absolute atomic E-state index is 0.0389. The Morgan fingerprint density at radius 2 is 2.04 bits per heavy atom. The van der Waals surface area contributed by atoms with Gasteiger partial charge in [0, 0.05) is 11.1 Å². The minimum atomic E-state index is -1.03. The average Bonchev–Trinajstić information content (AvgIpc) is 2.55. The lowest BCUT2D eigenvalue weighted by molar-refractivity contribution is -0.129. The van der Waals surface area contributed by atoms with Crippen molar-refractivity contribution in [2.75, 3.05) is 13.1 Å². The van der Waals surface area contributed by atoms with Crippen LogP contribution in [-0.2, 0) is 11.3 Å². The van der Waals surface area contributed by atoms with Crippen molar-refractivity contribution in [3.8, 4) is 0 Å². The zero-order valence-electron chi connectivity index (χ0n) is 13.3. The number of hydrogen-bond donors (Lipinski definition) is 2. The Morgan fingerprint density at radius 1 is 1.35 bits per heavy atom. The van der Waals surface area contributed by atoms with Crippen LogP contribution in [0.4, 0.5) is 0 Å². The van der Waals surface area contributed by atoms with E-state index in [2.05, 4.69) is 14.9 Å². The number of fused-ring (bicyclic) bond motifs is 1. The first-order valence-electron chi connectivity index (χ1n) is 7.96. The standard InChI is InChI=1S/C17H22N4O2/c1-11-13-4-2-3-5-14(13)20-15(19-11)10-21-8-6-12(7-9-21)16(22)17(18)23/h2-5,12,16,22H,6-10H2,1H3,(H2,18,23)/t16-/m1/s1. The van der Waals surface area contributed by atoms with Crippen molar-refractivity contribution < 1.29 is 9.90 Å². The van der Waals surface area contributed by atoms with Crippen LogP contribution < -0.4 is 5.73 Å². The fourth-order valence-electron chi connectivity index (χ4n) is 3.22. The molecule has 1 aromatic carbocycles. The van der Waals surface area contributed by atoms with Gasteiger partial charge in [-0.05, 0) is 44.8 Å². The first-order chi connectivity index (χ1) is 11.0. The van der Waals surface area contributed by atoms with Gasteiger partial charge >= 0.3 is 0 Å². The molecule has 1 atom stereocenters. The molecule has 0 spiro atoms. The molecule has 3 N–H and O–H groups in total. The molecule has 1 aliphatic heterocycles. The van der Waals surface area contributed by atoms with E-state index in [4.69, 9.17) is 5.73 Å². The molecule has 0 saturated carbocycles. The van der Waals surface area contributed by atoms with E-state index in [1.165, 1.54) is 0 Å². The number of likely N-dealkylation sites (tertiary alicyclic amines) is 1. The van der Waals surface area contributed by atoms with Gasteiger partial charge in [0.2, 0.25) is 5.91 Å². The fourth-order valence-corrected chi connectivity index (χ4v) is 3.22. The lowest BCUT2D eigenvalue weighted by Crippen LogP contribution is -2.42. The summed E-state index contributed by atoms with van der Waals surface area (Å²) in [6.45, 7) is 4.31. The molecule has 0 bridgehead atoms. The summed E-state index contributed by atoms with van der Waals surface area (Å²) in [5.41, 5.74) is 7.13. The van der Waals surface area contributed by atoms with Crippen LogP contribution in [0, 0.1) is 12.8 Å². The average molecular weight is 314 g/mol. The number of rotatable bonds is 4. The number of carbonyl (C=O) groups excluding carboxylic acids is 1. The summed E-state index contributed by atoms with van der Waals surface area (Å²) >= 11 is 0. The number of nitrogens with two attached hydrogens (primary N) is 1. The van der Waals surface area contributed by atoms with E-state index in [0.717, 1.165) is 48.4 Å². The highest BCUT2D eigenvalue weighted by Gasteiger charge is 2.28. The molecule has 6 nitrogen and oxygen atoms in total. The van der Waals surface area contributed by atoms with Gasteiger partial charge in [-0.1, -0.05) is 18.2 Å². The van der Waals surface area contributed by atoms with Crippen molar-refractivity contribution in [2.24, 2.45) is 11.7 Å². The van der Waals surface area contributed by atoms with Gasteiger partial charge in [0.15, 0.2) is 0 Å². The highest BCUT2D eigenvalue weighted by Crippen LogP contribution is 2.22. The van der Waals surface area contributed by atoms with Crippen molar-refractivity contribution in [3.05, 3.63) is 35.8 Å². The molecule has 122 valence electrons. The van der Waals surface area contributed by atoms with Gasteiger partial charge in [-0.25, -0.2) is 9.97 Å². The third-order valence-electron chi connectivity index (χ3n) is 4.58. The quantitative estimate of drug-likeness (QED) is 0.878. The molecular weight excluding hydrogens is 292 g/mol. The van der Waals surface area contributed by atoms with E-state index in [1.54, 1.807) is 0 Å². The number of aromatic nitrogens is 2. The topological polar surface area (TPSA) is 92.3 Å². The highest BCUT2D eigenvalue weighted by atomic mass is 16.3. The second-order valence-corrected chi connectivity index (χ2v) is 6.20. The van der Waals surface area contributed by atoms with Crippen LogP contribution in [0.1, 0.15) is 24.4 Å². The predicted octanol–water partition coefficient (Wildman–Crippen LogP) is 0.996. The van der Waals surface area contributed by atoms with Gasteiger partial charge in [0.1, 0.15) is 11.9 Å². The summed E-state index contributed by atoms with van der Waals surface area (Å²) < 4.78 is 0. The predicted molar refractivity (Wildman–Crippen MR) is 87.5 cm³/mol. The molecule has 3 rings (SSSR count). The van der Waals surface area contributed by atoms with Crippen molar-refractivity contribution in [1.29, 1.82) is 0 Å². The number of aryl methyl sites for hydroxylation is 1. The van der Waals surface area contributed by atoms with Crippen LogP contribution in [-0.4, -0.2) is 45.1 Å². The first-order valence-corrected chi connectivity index (χ1v) is 7.96. The van der Waals surface area contributed by atoms with Crippen LogP contribution in [0.5, 0.6) is 0 Å². The Bertz CT molecular complexity index is 711. The molecule has 0 aliphatic carbocycles. The summed E-state index contributed by atoms with van der Waals surface area (Å²) in [5, 5.41) is 10.8. The summed E-state index contributed by atoms with van der Waals surface area (Å²) in [6, 6.07) is 8.01. The van der Waals surface area contributed by atoms with Crippen molar-refractivity contribution in [1.82, 2.24) is 14.9 Å². The van der Waals surface area contributed by atoms with Gasteiger partial charge in [0.05, 0.1) is 12.1 Å². The van der Waals surface area contributed by atoms with Crippen LogP contribution >= 0.6 is 0 Å². The molecule has 0 radical (unpaired) electrons. The molecule has 1 aliphatic rings. The maximum absolute atomic E-state index is 11.1. The molecule has 0 unspecified atom stereocenters. The van der Waals surface area contributed by atoms with E-state index in [-0.39, 0.29) is 5.92 Å². The number of piperidine rings is 1. The molecule has 1 fully saturated rings. The summed E-state index contributed by atoms with van der Waals surface area (Å²) in [6.07, 6.45) is 0.490. The second kappa shape index (κ2) is 6.60. The molecule has 1 aromatic heterocycles. The Hall–Kier alpha value is -2.05. The van der Waals surface area contributed by atoms with Crippen molar-refractivity contribution >= 4 is 16.8 Å². The van der Waals surface area contributed by atoms with Crippen molar-refractivity contribution in [3.63, 3.8) is 0 Å². The van der Waals surface area contributed by atoms with Gasteiger partial charge < -0.3 is 10.8 Å². The maximum atomic E-state index is 11.1. The molecule has 6 heteroatoms. The Kier molecular flexibility index (Phi) is 4.54. The lowest BCUT2D eigenvalue weighted by Gasteiger charge is -2.32. The normalized spacial score (nSPS) is 18.2. The number of carbonyl (C=O) groups is 1. The number of hydrogen-bond acceptors (Lipinski definition) is 5. The highest BCUT2D eigenvalue weighted by molar-refractivity contribution is 5.80. The zero-order chi connectivity index (χ0) is 16.4. The number of nitrogens with zero attached hydrogens (tertiary/aromatic N) is 3. The van der Waals surface area contributed by atoms with Crippen LogP contribution in [0.15, 0.2) is 24.3 Å². The number of aliphatic hydroxyl groups excluding tert-OH is 1. The van der Waals surface area contributed by atoms with Gasteiger partial charge in [-0.15, -0.1) is 0 Å². The Balaban J connectivity index is 1.66. The van der Waals surface area contributed by atoms with Gasteiger partial charge in [-0.2, -0.15) is 0 Å². The molecule has 2 aromatic rings. The monoisotopic (exact) mass is 314 g/mol. The lowest BCUT2D eigenvalue weighted by atomic mass is 9.91. The minimum Gasteiger partial charge on any atom is -0.383 e. The van der Waals surface area contributed by atoms with Crippen LogP contribution in [0.2, 0.25) is 0 Å². The number of amides is 1. The van der Waals surface area contributed by atoms with Crippen molar-refractivity contribution in [2.45, 2.75) is 32.4 Å². The number of para-hydroxylation sites is 1. The number of aliphatic hydroxyl groups is 1. The molecular formula is C17H22N4O2. The fraction of sp³-hybridized carbons (Fsp3) is 0.471. The van der Waals surface area contributed by atoms with E-state index in [1.807, 2.05) is 31.2 Å². The van der Waals surface area contributed by atoms with Gasteiger partial charge in [0.25, 0.3) is 0 Å². The van der Waals surface area contributed by atoms with Crippen LogP contribution in [0.3, 0.4) is 0 Å². The number of benzene rings is 1. The summed E-state index contributed by atoms with van der Waals surface area (Å²) in [5.74, 6) is 0.148. The van der Waals surface area contributed by atoms with E-state index in [9.17, 15) is 9.90 Å². The Morgan fingerprint density at radius 3 is 2.74 bits per heavy atom. The molecule has 2 heterocycles. The summed E-state index contributed by atoms with van der Waals surface area (Å²) in [7, 11) is 0. The number of primary amides is 1. The van der Waals surface area contributed by atoms with Gasteiger partial charge in [-0.3, -0.25) is 9.69 Å². The Labute approximate surface area is 135 Å². The largest absolute Gasteiger partial charge is 0.383 e. The maximum Gasteiger partial charge on any atom is 0.246 e. The SMILES string of the molecule is Cc1nc(CN2CCC([C@@H](O)C(N)=O)CC2)nc2ccccc12. The van der Waals surface area contributed by atoms with E-state index < -0.39 is 12.0 Å². The van der Waals surface area contributed by atoms with E-state index >= 15 is 0 Å². The molecule has 1 saturated heterocycles. The summed E-state index contributed by atoms with van der Waals surface area (Å²) in [4.78, 5) is 22.6. The second-order valence-electron chi connectivity index (χ2n) is 6.20. The molecule has 1 amide bonds.